The molecule has 0 radical (unpaired) electrons. The third kappa shape index (κ3) is 3.95. The number of ether oxygens (including phenoxy) is 1. The summed E-state index contributed by atoms with van der Waals surface area (Å²) in [6.45, 7) is 4.58. The van der Waals surface area contributed by atoms with Gasteiger partial charge in [-0.2, -0.15) is 0 Å². The molecule has 1 heterocycles. The molecule has 3 nitrogen and oxygen atoms in total. The maximum atomic E-state index is 5.41. The van der Waals surface area contributed by atoms with Crippen LogP contribution < -0.4 is 10.1 Å². The molecule has 1 aliphatic heterocycles. The van der Waals surface area contributed by atoms with Gasteiger partial charge in [0.15, 0.2) is 0 Å². The third-order valence-corrected chi connectivity index (χ3v) is 4.09. The molecular formula is C16H26N2O. The Morgan fingerprint density at radius 1 is 1.42 bits per heavy atom. The van der Waals surface area contributed by atoms with Gasteiger partial charge in [-0.15, -0.1) is 0 Å². The fraction of sp³-hybridized carbons (Fsp3) is 0.625. The summed E-state index contributed by atoms with van der Waals surface area (Å²) in [5, 5.41) is 3.66. The maximum Gasteiger partial charge on any atom is 0.122 e. The van der Waals surface area contributed by atoms with E-state index in [4.69, 9.17) is 4.74 Å². The van der Waals surface area contributed by atoms with Gasteiger partial charge in [0.1, 0.15) is 5.75 Å². The third-order valence-electron chi connectivity index (χ3n) is 4.09. The van der Waals surface area contributed by atoms with Crippen molar-refractivity contribution >= 4 is 0 Å². The van der Waals surface area contributed by atoms with Gasteiger partial charge in [-0.25, -0.2) is 0 Å². The summed E-state index contributed by atoms with van der Waals surface area (Å²) < 4.78 is 5.41. The van der Waals surface area contributed by atoms with Crippen LogP contribution in [0.15, 0.2) is 24.3 Å². The van der Waals surface area contributed by atoms with Crippen LogP contribution in [0.3, 0.4) is 0 Å². The van der Waals surface area contributed by atoms with Gasteiger partial charge in [0.25, 0.3) is 0 Å². The quantitative estimate of drug-likeness (QED) is 0.851. The highest BCUT2D eigenvalue weighted by molar-refractivity contribution is 5.33. The number of nitrogens with one attached hydrogen (secondary N) is 1. The predicted octanol–water partition coefficient (Wildman–Crippen LogP) is 2.31. The Morgan fingerprint density at radius 2 is 2.21 bits per heavy atom. The van der Waals surface area contributed by atoms with Gasteiger partial charge in [-0.1, -0.05) is 18.2 Å². The maximum absolute atomic E-state index is 5.41. The fourth-order valence-electron chi connectivity index (χ4n) is 2.85. The second-order valence-electron chi connectivity index (χ2n) is 5.60. The average Bonchev–Trinajstić information content (AvgIpc) is 2.82. The number of hydrogen-bond donors (Lipinski definition) is 1. The zero-order valence-electron chi connectivity index (χ0n) is 12.4. The lowest BCUT2D eigenvalue weighted by Gasteiger charge is -2.23. The second kappa shape index (κ2) is 6.92. The SMILES string of the molecule is COc1ccccc1CC(C)NCC1CCCN1C. The molecule has 1 aromatic rings. The van der Waals surface area contributed by atoms with Gasteiger partial charge in [-0.3, -0.25) is 0 Å². The van der Waals surface area contributed by atoms with E-state index in [1.54, 1.807) is 7.11 Å². The van der Waals surface area contributed by atoms with Crippen molar-refractivity contribution in [1.82, 2.24) is 10.2 Å². The van der Waals surface area contributed by atoms with Crippen molar-refractivity contribution in [2.45, 2.75) is 38.3 Å². The summed E-state index contributed by atoms with van der Waals surface area (Å²) in [7, 11) is 3.97. The lowest BCUT2D eigenvalue weighted by atomic mass is 10.1. The molecule has 2 rings (SSSR count). The zero-order valence-corrected chi connectivity index (χ0v) is 12.4. The van der Waals surface area contributed by atoms with Gasteiger partial charge in [-0.05, 0) is 51.4 Å². The van der Waals surface area contributed by atoms with Crippen LogP contribution in [0.1, 0.15) is 25.3 Å². The summed E-state index contributed by atoms with van der Waals surface area (Å²) in [6.07, 6.45) is 3.68. The number of nitrogens with zero attached hydrogens (tertiary/aromatic N) is 1. The lowest BCUT2D eigenvalue weighted by Crippen LogP contribution is -2.40. The number of rotatable bonds is 6. The van der Waals surface area contributed by atoms with Crippen LogP contribution in [0.5, 0.6) is 5.75 Å². The molecule has 0 amide bonds. The molecular weight excluding hydrogens is 236 g/mol. The highest BCUT2D eigenvalue weighted by Crippen LogP contribution is 2.19. The number of para-hydroxylation sites is 1. The van der Waals surface area contributed by atoms with Crippen molar-refractivity contribution in [3.05, 3.63) is 29.8 Å². The van der Waals surface area contributed by atoms with Crippen molar-refractivity contribution in [2.24, 2.45) is 0 Å². The van der Waals surface area contributed by atoms with Gasteiger partial charge >= 0.3 is 0 Å². The van der Waals surface area contributed by atoms with Crippen molar-refractivity contribution in [2.75, 3.05) is 27.2 Å². The monoisotopic (exact) mass is 262 g/mol. The summed E-state index contributed by atoms with van der Waals surface area (Å²) in [6, 6.07) is 9.47. The number of methoxy groups -OCH3 is 1. The Bertz CT molecular complexity index is 394. The molecule has 3 heteroatoms. The minimum absolute atomic E-state index is 0.477. The van der Waals surface area contributed by atoms with Gasteiger partial charge in [0.2, 0.25) is 0 Å². The van der Waals surface area contributed by atoms with E-state index in [1.165, 1.54) is 24.9 Å². The minimum atomic E-state index is 0.477. The lowest BCUT2D eigenvalue weighted by molar-refractivity contribution is 0.292. The summed E-state index contributed by atoms with van der Waals surface area (Å²) in [4.78, 5) is 2.46. The minimum Gasteiger partial charge on any atom is -0.496 e. The zero-order chi connectivity index (χ0) is 13.7. The molecule has 0 spiro atoms. The van der Waals surface area contributed by atoms with Crippen LogP contribution in [-0.2, 0) is 6.42 Å². The van der Waals surface area contributed by atoms with E-state index in [-0.39, 0.29) is 0 Å². The standard InChI is InChI=1S/C16H26N2O/c1-13(17-12-15-8-6-10-18(15)2)11-14-7-4-5-9-16(14)19-3/h4-5,7,9,13,15,17H,6,8,10-12H2,1-3H3. The molecule has 0 aliphatic carbocycles. The topological polar surface area (TPSA) is 24.5 Å². The molecule has 2 unspecified atom stereocenters. The van der Waals surface area contributed by atoms with Gasteiger partial charge < -0.3 is 15.0 Å². The van der Waals surface area contributed by atoms with E-state index in [0.29, 0.717) is 12.1 Å². The van der Waals surface area contributed by atoms with E-state index in [2.05, 4.69) is 36.3 Å². The van der Waals surface area contributed by atoms with Crippen LogP contribution in [0.25, 0.3) is 0 Å². The smallest absolute Gasteiger partial charge is 0.122 e. The Hall–Kier alpha value is -1.06. The van der Waals surface area contributed by atoms with E-state index in [1.807, 2.05) is 12.1 Å². The van der Waals surface area contributed by atoms with Crippen LogP contribution in [0.2, 0.25) is 0 Å². The first-order chi connectivity index (χ1) is 9.20. The molecule has 2 atom stereocenters. The van der Waals surface area contributed by atoms with E-state index in [0.717, 1.165) is 18.7 Å². The Morgan fingerprint density at radius 3 is 2.89 bits per heavy atom. The number of likely N-dealkylation sites (tertiary alicyclic amines) is 1. The largest absolute Gasteiger partial charge is 0.496 e. The highest BCUT2D eigenvalue weighted by atomic mass is 16.5. The molecule has 1 N–H and O–H groups in total. The van der Waals surface area contributed by atoms with Gasteiger partial charge in [0.05, 0.1) is 7.11 Å². The predicted molar refractivity (Wildman–Crippen MR) is 79.8 cm³/mol. The van der Waals surface area contributed by atoms with E-state index < -0.39 is 0 Å². The molecule has 0 bridgehead atoms. The molecule has 19 heavy (non-hydrogen) atoms. The van der Waals surface area contributed by atoms with Crippen molar-refractivity contribution in [1.29, 1.82) is 0 Å². The first kappa shape index (κ1) is 14.4. The summed E-state index contributed by atoms with van der Waals surface area (Å²) in [5.41, 5.74) is 1.28. The fourth-order valence-corrected chi connectivity index (χ4v) is 2.85. The number of likely N-dealkylation sites (N-methyl/N-ethyl adjacent to an activating group) is 1. The van der Waals surface area contributed by atoms with Crippen molar-refractivity contribution < 1.29 is 4.74 Å². The van der Waals surface area contributed by atoms with Crippen LogP contribution in [-0.4, -0.2) is 44.2 Å². The number of benzene rings is 1. The Balaban J connectivity index is 1.82. The average molecular weight is 262 g/mol. The summed E-state index contributed by atoms with van der Waals surface area (Å²) in [5.74, 6) is 0.995. The molecule has 1 aliphatic rings. The summed E-state index contributed by atoms with van der Waals surface area (Å²) >= 11 is 0. The van der Waals surface area contributed by atoms with Crippen molar-refractivity contribution in [3.63, 3.8) is 0 Å². The first-order valence-electron chi connectivity index (χ1n) is 7.26. The number of hydrogen-bond acceptors (Lipinski definition) is 3. The molecule has 1 fully saturated rings. The molecule has 106 valence electrons. The van der Waals surface area contributed by atoms with Crippen LogP contribution >= 0.6 is 0 Å². The molecule has 1 aromatic carbocycles. The second-order valence-corrected chi connectivity index (χ2v) is 5.60. The van der Waals surface area contributed by atoms with Crippen LogP contribution in [0, 0.1) is 0 Å². The first-order valence-corrected chi connectivity index (χ1v) is 7.26. The van der Waals surface area contributed by atoms with E-state index in [9.17, 15) is 0 Å². The molecule has 0 aromatic heterocycles. The highest BCUT2D eigenvalue weighted by Gasteiger charge is 2.20. The Kier molecular flexibility index (Phi) is 5.23. The Labute approximate surface area is 116 Å². The van der Waals surface area contributed by atoms with Crippen molar-refractivity contribution in [3.8, 4) is 5.75 Å². The normalized spacial score (nSPS) is 21.5. The van der Waals surface area contributed by atoms with E-state index >= 15 is 0 Å². The van der Waals surface area contributed by atoms with Crippen LogP contribution in [0.4, 0.5) is 0 Å². The molecule has 0 saturated carbocycles. The van der Waals surface area contributed by atoms with Gasteiger partial charge in [0, 0.05) is 18.6 Å². The molecule has 1 saturated heterocycles.